The minimum atomic E-state index is -0.953. The largest absolute Gasteiger partial charge is 0.492 e. The first-order valence-electron chi connectivity index (χ1n) is 11.8. The molecular formula is C28H28F2N2O4S. The molecule has 3 rings (SSSR count). The van der Waals surface area contributed by atoms with E-state index >= 15 is 0 Å². The molecule has 194 valence electrons. The molecule has 0 aliphatic rings. The number of nitro groups is 1. The Labute approximate surface area is 219 Å². The van der Waals surface area contributed by atoms with Crippen molar-refractivity contribution in [1.29, 1.82) is 0 Å². The van der Waals surface area contributed by atoms with Crippen LogP contribution >= 0.6 is 11.8 Å². The van der Waals surface area contributed by atoms with Gasteiger partial charge in [0.05, 0.1) is 9.83 Å². The van der Waals surface area contributed by atoms with E-state index in [1.807, 2.05) is 0 Å². The van der Waals surface area contributed by atoms with Crippen LogP contribution in [-0.4, -0.2) is 41.8 Å². The molecule has 0 saturated carbocycles. The van der Waals surface area contributed by atoms with Crippen LogP contribution in [0.3, 0.4) is 0 Å². The van der Waals surface area contributed by atoms with Crippen molar-refractivity contribution < 1.29 is 23.2 Å². The van der Waals surface area contributed by atoms with Crippen LogP contribution in [0.5, 0.6) is 5.75 Å². The number of halogens is 2. The van der Waals surface area contributed by atoms with Crippen molar-refractivity contribution in [3.8, 4) is 5.75 Å². The SMILES string of the molecule is CCN(CC)CCOc1ccc(C(=O)C(=Cc2ccc(F)c([N+](=O)[O-])c2)SCc2ccc(F)cc2)cc1. The zero-order chi connectivity index (χ0) is 26.8. The topological polar surface area (TPSA) is 72.7 Å². The fourth-order valence-electron chi connectivity index (χ4n) is 3.50. The minimum absolute atomic E-state index is 0.297. The number of rotatable bonds is 13. The minimum Gasteiger partial charge on any atom is -0.492 e. The van der Waals surface area contributed by atoms with E-state index in [1.54, 1.807) is 36.4 Å². The van der Waals surface area contributed by atoms with Crippen molar-refractivity contribution in [2.45, 2.75) is 19.6 Å². The smallest absolute Gasteiger partial charge is 0.305 e. The van der Waals surface area contributed by atoms with E-state index in [0.29, 0.717) is 34.1 Å². The van der Waals surface area contributed by atoms with Gasteiger partial charge in [-0.3, -0.25) is 14.9 Å². The predicted molar refractivity (Wildman–Crippen MR) is 143 cm³/mol. The van der Waals surface area contributed by atoms with E-state index in [-0.39, 0.29) is 11.6 Å². The molecule has 0 aliphatic heterocycles. The second-order valence-electron chi connectivity index (χ2n) is 8.12. The van der Waals surface area contributed by atoms with Crippen molar-refractivity contribution in [3.63, 3.8) is 0 Å². The average Bonchev–Trinajstić information content (AvgIpc) is 2.90. The van der Waals surface area contributed by atoms with Crippen molar-refractivity contribution in [3.05, 3.63) is 110 Å². The van der Waals surface area contributed by atoms with E-state index in [9.17, 15) is 23.7 Å². The summed E-state index contributed by atoms with van der Waals surface area (Å²) in [5, 5.41) is 11.2. The molecule has 0 N–H and O–H groups in total. The summed E-state index contributed by atoms with van der Waals surface area (Å²) in [7, 11) is 0. The molecule has 0 aliphatic carbocycles. The lowest BCUT2D eigenvalue weighted by molar-refractivity contribution is -0.387. The number of carbonyl (C=O) groups excluding carboxylic acids is 1. The predicted octanol–water partition coefficient (Wildman–Crippen LogP) is 6.75. The van der Waals surface area contributed by atoms with E-state index in [0.717, 1.165) is 37.3 Å². The van der Waals surface area contributed by atoms with Crippen LogP contribution in [-0.2, 0) is 5.75 Å². The van der Waals surface area contributed by atoms with Crippen LogP contribution in [0.4, 0.5) is 14.5 Å². The highest BCUT2D eigenvalue weighted by Gasteiger charge is 2.17. The maximum atomic E-state index is 13.8. The standard InChI is InChI=1S/C28H28F2N2O4S/c1-3-31(4-2)15-16-36-24-12-8-22(9-13-24)28(33)27(37-19-20-5-10-23(29)11-6-20)18-21-7-14-25(30)26(17-21)32(34)35/h5-14,17-18H,3-4,15-16,19H2,1-2H3. The van der Waals surface area contributed by atoms with E-state index in [2.05, 4.69) is 18.7 Å². The average molecular weight is 527 g/mol. The van der Waals surface area contributed by atoms with Gasteiger partial charge in [0.1, 0.15) is 18.2 Å². The van der Waals surface area contributed by atoms with Gasteiger partial charge < -0.3 is 9.64 Å². The lowest BCUT2D eigenvalue weighted by Gasteiger charge is -2.18. The number of nitrogens with zero attached hydrogens (tertiary/aromatic N) is 2. The molecule has 0 aromatic heterocycles. The van der Waals surface area contributed by atoms with Crippen molar-refractivity contribution >= 4 is 29.3 Å². The van der Waals surface area contributed by atoms with Gasteiger partial charge in [-0.25, -0.2) is 4.39 Å². The number of carbonyl (C=O) groups is 1. The van der Waals surface area contributed by atoms with Crippen molar-refractivity contribution in [1.82, 2.24) is 4.90 Å². The summed E-state index contributed by atoms with van der Waals surface area (Å²) in [6.07, 6.45) is 1.50. The third-order valence-electron chi connectivity index (χ3n) is 5.68. The van der Waals surface area contributed by atoms with Crippen LogP contribution in [0.25, 0.3) is 6.08 Å². The normalized spacial score (nSPS) is 11.5. The van der Waals surface area contributed by atoms with Crippen LogP contribution in [0.1, 0.15) is 35.3 Å². The number of hydrogen-bond donors (Lipinski definition) is 0. The number of allylic oxidation sites excluding steroid dienone is 1. The molecular weight excluding hydrogens is 498 g/mol. The Hall–Kier alpha value is -3.56. The maximum absolute atomic E-state index is 13.8. The van der Waals surface area contributed by atoms with Gasteiger partial charge >= 0.3 is 5.69 Å². The summed E-state index contributed by atoms with van der Waals surface area (Å²) in [5.74, 6) is -0.603. The molecule has 6 nitrogen and oxygen atoms in total. The molecule has 0 atom stereocenters. The van der Waals surface area contributed by atoms with Gasteiger partial charge in [0.25, 0.3) is 0 Å². The Kier molecular flexibility index (Phi) is 10.3. The molecule has 37 heavy (non-hydrogen) atoms. The van der Waals surface area contributed by atoms with Crippen LogP contribution in [0, 0.1) is 21.7 Å². The third-order valence-corrected chi connectivity index (χ3v) is 6.78. The Morgan fingerprint density at radius 1 is 1.03 bits per heavy atom. The quantitative estimate of drug-likeness (QED) is 0.106. The molecule has 3 aromatic carbocycles. The van der Waals surface area contributed by atoms with Crippen molar-refractivity contribution in [2.75, 3.05) is 26.2 Å². The molecule has 0 saturated heterocycles. The van der Waals surface area contributed by atoms with Gasteiger partial charge in [0.15, 0.2) is 5.78 Å². The second kappa shape index (κ2) is 13.7. The summed E-state index contributed by atoms with van der Waals surface area (Å²) >= 11 is 1.21. The van der Waals surface area contributed by atoms with E-state index < -0.39 is 16.4 Å². The van der Waals surface area contributed by atoms with Crippen LogP contribution in [0.2, 0.25) is 0 Å². The molecule has 9 heteroatoms. The number of Topliss-reactive ketones (excluding diaryl/α,β-unsaturated/α-hetero) is 1. The third kappa shape index (κ3) is 8.23. The molecule has 0 fully saturated rings. The Morgan fingerprint density at radius 3 is 2.32 bits per heavy atom. The Bertz CT molecular complexity index is 1240. The number of ether oxygens (including phenoxy) is 1. The summed E-state index contributed by atoms with van der Waals surface area (Å²) in [6, 6.07) is 16.2. The number of ketones is 1. The highest BCUT2D eigenvalue weighted by molar-refractivity contribution is 8.03. The van der Waals surface area contributed by atoms with Gasteiger partial charge in [0, 0.05) is 23.9 Å². The second-order valence-corrected chi connectivity index (χ2v) is 9.14. The van der Waals surface area contributed by atoms with Gasteiger partial charge in [0.2, 0.25) is 5.82 Å². The molecule has 0 heterocycles. The zero-order valence-electron chi connectivity index (χ0n) is 20.7. The monoisotopic (exact) mass is 526 g/mol. The van der Waals surface area contributed by atoms with Crippen molar-refractivity contribution in [2.24, 2.45) is 0 Å². The molecule has 0 radical (unpaired) electrons. The Morgan fingerprint density at radius 2 is 1.70 bits per heavy atom. The first-order valence-corrected chi connectivity index (χ1v) is 12.8. The molecule has 3 aromatic rings. The van der Waals surface area contributed by atoms with Gasteiger partial charge in [-0.15, -0.1) is 11.8 Å². The zero-order valence-corrected chi connectivity index (χ0v) is 21.5. The number of benzene rings is 3. The van der Waals surface area contributed by atoms with Gasteiger partial charge in [-0.1, -0.05) is 32.0 Å². The number of thioether (sulfide) groups is 1. The fraction of sp³-hybridized carbons (Fsp3) is 0.250. The molecule has 0 amide bonds. The van der Waals surface area contributed by atoms with E-state index in [4.69, 9.17) is 4.74 Å². The molecule has 0 unspecified atom stereocenters. The summed E-state index contributed by atoms with van der Waals surface area (Å²) in [4.78, 5) is 26.3. The first-order chi connectivity index (χ1) is 17.8. The lowest BCUT2D eigenvalue weighted by atomic mass is 10.1. The Balaban J connectivity index is 1.82. The number of hydrogen-bond acceptors (Lipinski definition) is 6. The molecule has 0 spiro atoms. The number of nitro benzene ring substituents is 1. The summed E-state index contributed by atoms with van der Waals surface area (Å²) in [5.41, 5.74) is 0.854. The number of likely N-dealkylation sites (N-methyl/N-ethyl adjacent to an activating group) is 1. The van der Waals surface area contributed by atoms with Crippen LogP contribution in [0.15, 0.2) is 71.6 Å². The maximum Gasteiger partial charge on any atom is 0.305 e. The van der Waals surface area contributed by atoms with Gasteiger partial charge in [-0.05, 0) is 72.8 Å². The van der Waals surface area contributed by atoms with Gasteiger partial charge in [-0.2, -0.15) is 4.39 Å². The lowest BCUT2D eigenvalue weighted by Crippen LogP contribution is -2.27. The first kappa shape index (κ1) is 28.0. The fourth-order valence-corrected chi connectivity index (χ4v) is 4.49. The summed E-state index contributed by atoms with van der Waals surface area (Å²) < 4.78 is 32.9. The highest BCUT2D eigenvalue weighted by Crippen LogP contribution is 2.29. The molecule has 0 bridgehead atoms. The summed E-state index contributed by atoms with van der Waals surface area (Å²) in [6.45, 7) is 7.38. The highest BCUT2D eigenvalue weighted by atomic mass is 32.2. The van der Waals surface area contributed by atoms with Crippen LogP contribution < -0.4 is 4.74 Å². The van der Waals surface area contributed by atoms with E-state index in [1.165, 1.54) is 36.0 Å².